The minimum Gasteiger partial charge on any atom is -0.393 e. The standard InChI is InChI=1S/C34H37N5O3/c1-33(21-25-22-36-27-14-6-5-13-26(25)27,38-32(41)42-30-20-24-12-4-7-15-28(24)39(30)2)31(40)37-23-34(17-9-3-10-18-34)29-16-8-11-19-35-29/h4-8,11-16,19-20,22,36H,3,9-10,17-18,21,23H2,1-2H3,(H,37,40)(H,38,41)/t33-/m0/s1. The molecule has 1 aliphatic carbocycles. The van der Waals surface area contributed by atoms with E-state index in [4.69, 9.17) is 4.74 Å². The second-order valence-corrected chi connectivity index (χ2v) is 11.7. The normalized spacial score (nSPS) is 16.1. The summed E-state index contributed by atoms with van der Waals surface area (Å²) in [7, 11) is 1.85. The number of nitrogens with zero attached hydrogens (tertiary/aromatic N) is 2. The van der Waals surface area contributed by atoms with Crippen LogP contribution in [0.3, 0.4) is 0 Å². The molecule has 0 radical (unpaired) electrons. The van der Waals surface area contributed by atoms with Crippen LogP contribution in [0.5, 0.6) is 5.88 Å². The van der Waals surface area contributed by atoms with E-state index < -0.39 is 11.6 Å². The van der Waals surface area contributed by atoms with Gasteiger partial charge in [0.05, 0.1) is 5.52 Å². The molecule has 1 saturated carbocycles. The van der Waals surface area contributed by atoms with Crippen LogP contribution in [0.25, 0.3) is 21.8 Å². The fourth-order valence-corrected chi connectivity index (χ4v) is 6.42. The lowest BCUT2D eigenvalue weighted by Gasteiger charge is -2.38. The lowest BCUT2D eigenvalue weighted by Crippen LogP contribution is -2.60. The Balaban J connectivity index is 1.27. The number of H-pyrrole nitrogens is 1. The number of hydrogen-bond donors (Lipinski definition) is 3. The van der Waals surface area contributed by atoms with Gasteiger partial charge in [0.1, 0.15) is 5.54 Å². The van der Waals surface area contributed by atoms with E-state index in [9.17, 15) is 9.59 Å². The molecule has 5 aromatic rings. The van der Waals surface area contributed by atoms with Crippen molar-refractivity contribution >= 4 is 33.8 Å². The van der Waals surface area contributed by atoms with Crippen molar-refractivity contribution in [1.29, 1.82) is 0 Å². The molecule has 42 heavy (non-hydrogen) atoms. The average molecular weight is 564 g/mol. The monoisotopic (exact) mass is 563 g/mol. The zero-order chi connectivity index (χ0) is 29.2. The maximum Gasteiger partial charge on any atom is 0.414 e. The van der Waals surface area contributed by atoms with Crippen molar-refractivity contribution in [3.05, 3.63) is 96.4 Å². The summed E-state index contributed by atoms with van der Waals surface area (Å²) in [5.74, 6) is 0.141. The molecule has 3 aromatic heterocycles. The van der Waals surface area contributed by atoms with Crippen LogP contribution in [0.4, 0.5) is 4.79 Å². The number of rotatable bonds is 8. The van der Waals surface area contributed by atoms with Gasteiger partial charge >= 0.3 is 6.09 Å². The second kappa shape index (κ2) is 11.4. The molecule has 0 spiro atoms. The number of aromatic amines is 1. The molecular weight excluding hydrogens is 526 g/mol. The Morgan fingerprint density at radius 1 is 1.02 bits per heavy atom. The Morgan fingerprint density at radius 3 is 2.57 bits per heavy atom. The highest BCUT2D eigenvalue weighted by Crippen LogP contribution is 2.38. The Bertz CT molecular complexity index is 1720. The number of nitrogens with one attached hydrogen (secondary N) is 3. The zero-order valence-electron chi connectivity index (χ0n) is 24.2. The third-order valence-corrected chi connectivity index (χ3v) is 8.81. The molecule has 8 heteroatoms. The largest absolute Gasteiger partial charge is 0.414 e. The molecule has 1 atom stereocenters. The predicted molar refractivity (Wildman–Crippen MR) is 164 cm³/mol. The van der Waals surface area contributed by atoms with E-state index >= 15 is 0 Å². The fraction of sp³-hybridized carbons (Fsp3) is 0.324. The number of amides is 2. The van der Waals surface area contributed by atoms with Gasteiger partial charge in [-0.2, -0.15) is 0 Å². The molecule has 1 aliphatic rings. The van der Waals surface area contributed by atoms with E-state index in [1.54, 1.807) is 6.92 Å². The summed E-state index contributed by atoms with van der Waals surface area (Å²) in [5.41, 5.74) is 2.35. The van der Waals surface area contributed by atoms with Gasteiger partial charge in [0.15, 0.2) is 0 Å². The highest BCUT2D eigenvalue weighted by Gasteiger charge is 2.40. The van der Waals surface area contributed by atoms with Crippen LogP contribution < -0.4 is 15.4 Å². The number of aromatic nitrogens is 3. The number of para-hydroxylation sites is 2. The van der Waals surface area contributed by atoms with Gasteiger partial charge in [-0.15, -0.1) is 0 Å². The van der Waals surface area contributed by atoms with Gasteiger partial charge in [0.2, 0.25) is 11.8 Å². The molecule has 6 rings (SSSR count). The summed E-state index contributed by atoms with van der Waals surface area (Å²) in [6, 6.07) is 23.6. The van der Waals surface area contributed by atoms with Gasteiger partial charge in [-0.3, -0.25) is 9.78 Å². The molecule has 2 amide bonds. The van der Waals surface area contributed by atoms with Crippen LogP contribution in [-0.2, 0) is 23.7 Å². The number of carbonyl (C=O) groups excluding carboxylic acids is 2. The van der Waals surface area contributed by atoms with Crippen molar-refractivity contribution < 1.29 is 14.3 Å². The lowest BCUT2D eigenvalue weighted by molar-refractivity contribution is -0.127. The number of aryl methyl sites for hydroxylation is 1. The quantitative estimate of drug-likeness (QED) is 0.210. The maximum absolute atomic E-state index is 14.1. The van der Waals surface area contributed by atoms with E-state index in [1.165, 1.54) is 6.42 Å². The highest BCUT2D eigenvalue weighted by molar-refractivity contribution is 5.92. The Hall–Kier alpha value is -4.59. The first-order valence-electron chi connectivity index (χ1n) is 14.7. The summed E-state index contributed by atoms with van der Waals surface area (Å²) in [4.78, 5) is 35.5. The van der Waals surface area contributed by atoms with Crippen LogP contribution in [0, 0.1) is 0 Å². The first-order chi connectivity index (χ1) is 20.4. The SMILES string of the molecule is Cn1c(OC(=O)N[C@@](C)(Cc2c[nH]c3ccccc23)C(=O)NCC2(c3ccccn3)CCCCC2)cc2ccccc21. The third-order valence-electron chi connectivity index (χ3n) is 8.81. The highest BCUT2D eigenvalue weighted by atomic mass is 16.6. The van der Waals surface area contributed by atoms with Crippen molar-refractivity contribution in [3.8, 4) is 5.88 Å². The molecule has 3 N–H and O–H groups in total. The fourth-order valence-electron chi connectivity index (χ4n) is 6.42. The van der Waals surface area contributed by atoms with Crippen LogP contribution >= 0.6 is 0 Å². The average Bonchev–Trinajstić information content (AvgIpc) is 3.56. The molecule has 0 unspecified atom stereocenters. The molecular formula is C34H37N5O3. The smallest absolute Gasteiger partial charge is 0.393 e. The van der Waals surface area contributed by atoms with Gasteiger partial charge in [0, 0.05) is 65.9 Å². The Kier molecular flexibility index (Phi) is 7.45. The minimum absolute atomic E-state index is 0.236. The molecule has 216 valence electrons. The van der Waals surface area contributed by atoms with E-state index in [2.05, 4.69) is 26.7 Å². The topological polar surface area (TPSA) is 101 Å². The number of pyridine rings is 1. The number of hydrogen-bond acceptors (Lipinski definition) is 4. The van der Waals surface area contributed by atoms with Crippen molar-refractivity contribution in [2.45, 2.75) is 56.4 Å². The Labute approximate surface area is 245 Å². The van der Waals surface area contributed by atoms with E-state index in [0.717, 1.165) is 58.7 Å². The maximum atomic E-state index is 14.1. The molecule has 1 fully saturated rings. The summed E-state index contributed by atoms with van der Waals surface area (Å²) in [5, 5.41) is 8.15. The molecule has 0 saturated heterocycles. The van der Waals surface area contributed by atoms with Crippen molar-refractivity contribution in [2.75, 3.05) is 6.54 Å². The molecule has 8 nitrogen and oxygen atoms in total. The summed E-state index contributed by atoms with van der Waals surface area (Å²) in [6.07, 6.45) is 8.61. The van der Waals surface area contributed by atoms with Crippen LogP contribution in [0.2, 0.25) is 0 Å². The van der Waals surface area contributed by atoms with Crippen LogP contribution in [0.1, 0.15) is 50.3 Å². The van der Waals surface area contributed by atoms with Gasteiger partial charge < -0.3 is 24.9 Å². The molecule has 3 heterocycles. The minimum atomic E-state index is -1.29. The Morgan fingerprint density at radius 2 is 1.79 bits per heavy atom. The third kappa shape index (κ3) is 5.36. The summed E-state index contributed by atoms with van der Waals surface area (Å²) < 4.78 is 7.61. The van der Waals surface area contributed by atoms with Gasteiger partial charge in [-0.25, -0.2) is 4.79 Å². The van der Waals surface area contributed by atoms with E-state index in [0.29, 0.717) is 12.4 Å². The summed E-state index contributed by atoms with van der Waals surface area (Å²) in [6.45, 7) is 2.22. The number of benzene rings is 2. The molecule has 0 aliphatic heterocycles. The van der Waals surface area contributed by atoms with Gasteiger partial charge in [0.25, 0.3) is 0 Å². The number of fused-ring (bicyclic) bond motifs is 2. The van der Waals surface area contributed by atoms with Gasteiger partial charge in [-0.1, -0.05) is 61.7 Å². The van der Waals surface area contributed by atoms with Crippen LogP contribution in [-0.4, -0.2) is 38.6 Å². The number of carbonyl (C=O) groups is 2. The van der Waals surface area contributed by atoms with E-state index in [-0.39, 0.29) is 17.7 Å². The van der Waals surface area contributed by atoms with Crippen molar-refractivity contribution in [2.24, 2.45) is 7.05 Å². The number of ether oxygens (including phenoxy) is 1. The van der Waals surface area contributed by atoms with Crippen molar-refractivity contribution in [1.82, 2.24) is 25.2 Å². The lowest BCUT2D eigenvalue weighted by atomic mass is 9.71. The zero-order valence-corrected chi connectivity index (χ0v) is 24.2. The van der Waals surface area contributed by atoms with Crippen molar-refractivity contribution in [3.63, 3.8) is 0 Å². The second-order valence-electron chi connectivity index (χ2n) is 11.7. The first-order valence-corrected chi connectivity index (χ1v) is 14.7. The molecule has 0 bridgehead atoms. The summed E-state index contributed by atoms with van der Waals surface area (Å²) >= 11 is 0. The first kappa shape index (κ1) is 27.6. The van der Waals surface area contributed by atoms with E-state index in [1.807, 2.05) is 90.7 Å². The molecule has 2 aromatic carbocycles. The predicted octanol–water partition coefficient (Wildman–Crippen LogP) is 6.16. The van der Waals surface area contributed by atoms with Gasteiger partial charge in [-0.05, 0) is 49.6 Å². The van der Waals surface area contributed by atoms with Crippen LogP contribution in [0.15, 0.2) is 85.2 Å².